The highest BCUT2D eigenvalue weighted by molar-refractivity contribution is 7.13. The van der Waals surface area contributed by atoms with Crippen LogP contribution in [0.4, 0.5) is 0 Å². The van der Waals surface area contributed by atoms with E-state index in [1.165, 1.54) is 27.3 Å². The number of thiophene rings is 1. The summed E-state index contributed by atoms with van der Waals surface area (Å²) in [6.07, 6.45) is 0. The molecule has 0 spiro atoms. The second-order valence-corrected chi connectivity index (χ2v) is 5.28. The van der Waals surface area contributed by atoms with Gasteiger partial charge < -0.3 is 0 Å². The summed E-state index contributed by atoms with van der Waals surface area (Å²) in [7, 11) is 4.27. The second kappa shape index (κ2) is 3.70. The number of hydrogen-bond donors (Lipinski definition) is 0. The monoisotopic (exact) mass is 243 g/mol. The molecule has 3 rings (SSSR count). The van der Waals surface area contributed by atoms with E-state index in [1.54, 1.807) is 11.3 Å². The number of nitrogens with zero attached hydrogens (tertiary/aromatic N) is 2. The van der Waals surface area contributed by atoms with Crippen molar-refractivity contribution in [2.24, 2.45) is 14.1 Å². The highest BCUT2D eigenvalue weighted by Crippen LogP contribution is 2.28. The molecule has 0 aliphatic carbocycles. The largest absolute Gasteiger partial charge is 0.299 e. The molecule has 0 aliphatic rings. The Hall–Kier alpha value is -1.61. The van der Waals surface area contributed by atoms with E-state index in [0.717, 1.165) is 0 Å². The molecule has 0 unspecified atom stereocenters. The Labute approximate surface area is 105 Å². The minimum Gasteiger partial charge on any atom is -0.225 e. The number of imidazole rings is 1. The van der Waals surface area contributed by atoms with Gasteiger partial charge in [0.05, 0.1) is 14.1 Å². The van der Waals surface area contributed by atoms with E-state index >= 15 is 0 Å². The molecule has 3 aromatic rings. The molecule has 0 aliphatic heterocycles. The summed E-state index contributed by atoms with van der Waals surface area (Å²) in [5.41, 5.74) is 3.90. The van der Waals surface area contributed by atoms with Gasteiger partial charge in [-0.1, -0.05) is 12.1 Å². The van der Waals surface area contributed by atoms with E-state index in [2.05, 4.69) is 65.9 Å². The van der Waals surface area contributed by atoms with E-state index in [1.807, 2.05) is 0 Å². The van der Waals surface area contributed by atoms with Crippen molar-refractivity contribution in [3.63, 3.8) is 0 Å². The maximum absolute atomic E-state index is 2.27. The quantitative estimate of drug-likeness (QED) is 0.581. The molecule has 0 amide bonds. The van der Waals surface area contributed by atoms with E-state index in [4.69, 9.17) is 0 Å². The molecule has 2 heterocycles. The highest BCUT2D eigenvalue weighted by atomic mass is 32.1. The zero-order valence-electron chi connectivity index (χ0n) is 10.3. The van der Waals surface area contributed by atoms with Gasteiger partial charge in [-0.05, 0) is 36.1 Å². The van der Waals surface area contributed by atoms with E-state index in [-0.39, 0.29) is 0 Å². The highest BCUT2D eigenvalue weighted by Gasteiger charge is 2.23. The second-order valence-electron chi connectivity index (χ2n) is 4.36. The molecule has 3 heteroatoms. The summed E-state index contributed by atoms with van der Waals surface area (Å²) in [5.74, 6) is 1.28. The number of para-hydroxylation sites is 2. The Morgan fingerprint density at radius 1 is 1.18 bits per heavy atom. The first kappa shape index (κ1) is 10.5. The number of aryl methyl sites for hydroxylation is 3. The predicted octanol–water partition coefficient (Wildman–Crippen LogP) is 3.04. The number of rotatable bonds is 1. The first-order chi connectivity index (χ1) is 8.20. The summed E-state index contributed by atoms with van der Waals surface area (Å²) >= 11 is 1.80. The fourth-order valence-corrected chi connectivity index (χ4v) is 3.43. The van der Waals surface area contributed by atoms with Crippen LogP contribution in [0, 0.1) is 6.92 Å². The van der Waals surface area contributed by atoms with Gasteiger partial charge in [-0.25, -0.2) is 9.13 Å². The molecule has 1 aromatic carbocycles. The molecule has 0 radical (unpaired) electrons. The van der Waals surface area contributed by atoms with Crippen LogP contribution in [0.15, 0.2) is 35.7 Å². The van der Waals surface area contributed by atoms with Crippen LogP contribution in [0.2, 0.25) is 0 Å². The lowest BCUT2D eigenvalue weighted by Crippen LogP contribution is -2.29. The van der Waals surface area contributed by atoms with E-state index in [9.17, 15) is 0 Å². The van der Waals surface area contributed by atoms with Gasteiger partial charge in [-0.2, -0.15) is 0 Å². The van der Waals surface area contributed by atoms with E-state index in [0.29, 0.717) is 0 Å². The van der Waals surface area contributed by atoms with E-state index < -0.39 is 0 Å². The lowest BCUT2D eigenvalue weighted by Gasteiger charge is -1.96. The van der Waals surface area contributed by atoms with Crippen molar-refractivity contribution in [3.05, 3.63) is 41.3 Å². The Kier molecular flexibility index (Phi) is 2.30. The van der Waals surface area contributed by atoms with Crippen molar-refractivity contribution >= 4 is 22.4 Å². The molecular formula is C14H15N2S+. The Bertz CT molecular complexity index is 652. The van der Waals surface area contributed by atoms with Gasteiger partial charge in [0.2, 0.25) is 0 Å². The van der Waals surface area contributed by atoms with Crippen LogP contribution >= 0.6 is 11.3 Å². The first-order valence-corrected chi connectivity index (χ1v) is 6.56. The fraction of sp³-hybridized carbons (Fsp3) is 0.214. The van der Waals surface area contributed by atoms with Gasteiger partial charge in [0.1, 0.15) is 4.88 Å². The van der Waals surface area contributed by atoms with Gasteiger partial charge in [-0.3, -0.25) is 0 Å². The van der Waals surface area contributed by atoms with Gasteiger partial charge in [0, 0.05) is 0 Å². The lowest BCUT2D eigenvalue weighted by molar-refractivity contribution is -0.633. The Balaban J connectivity index is 2.42. The number of aromatic nitrogens is 2. The van der Waals surface area contributed by atoms with Crippen molar-refractivity contribution in [3.8, 4) is 10.7 Å². The third-order valence-corrected chi connectivity index (χ3v) is 4.32. The first-order valence-electron chi connectivity index (χ1n) is 5.68. The van der Waals surface area contributed by atoms with Gasteiger partial charge in [0.25, 0.3) is 5.82 Å². The van der Waals surface area contributed by atoms with Crippen LogP contribution in [-0.2, 0) is 14.1 Å². The molecule has 0 fully saturated rings. The van der Waals surface area contributed by atoms with Crippen LogP contribution in [0.25, 0.3) is 21.7 Å². The summed E-state index contributed by atoms with van der Waals surface area (Å²) in [6.45, 7) is 2.17. The molecular weight excluding hydrogens is 228 g/mol. The Morgan fingerprint density at radius 2 is 1.94 bits per heavy atom. The predicted molar refractivity (Wildman–Crippen MR) is 72.1 cm³/mol. The van der Waals surface area contributed by atoms with Gasteiger partial charge >= 0.3 is 0 Å². The molecule has 2 nitrogen and oxygen atoms in total. The number of benzene rings is 1. The van der Waals surface area contributed by atoms with Crippen molar-refractivity contribution < 1.29 is 4.57 Å². The summed E-state index contributed by atoms with van der Waals surface area (Å²) in [5, 5.41) is 2.16. The van der Waals surface area contributed by atoms with Gasteiger partial charge in [0.15, 0.2) is 11.0 Å². The third-order valence-electron chi connectivity index (χ3n) is 3.31. The van der Waals surface area contributed by atoms with Crippen LogP contribution in [0.1, 0.15) is 5.56 Å². The van der Waals surface area contributed by atoms with Crippen molar-refractivity contribution in [1.82, 2.24) is 4.57 Å². The molecule has 0 saturated carbocycles. The zero-order chi connectivity index (χ0) is 12.0. The number of fused-ring (bicyclic) bond motifs is 1. The zero-order valence-corrected chi connectivity index (χ0v) is 11.1. The smallest absolute Gasteiger partial charge is 0.225 e. The minimum absolute atomic E-state index is 1.28. The number of hydrogen-bond acceptors (Lipinski definition) is 1. The molecule has 86 valence electrons. The molecule has 0 saturated heterocycles. The van der Waals surface area contributed by atoms with Crippen LogP contribution in [0.5, 0.6) is 0 Å². The average Bonchev–Trinajstić information content (AvgIpc) is 2.84. The Morgan fingerprint density at radius 3 is 2.59 bits per heavy atom. The maximum Gasteiger partial charge on any atom is 0.299 e. The normalized spacial score (nSPS) is 11.2. The molecule has 17 heavy (non-hydrogen) atoms. The summed E-state index contributed by atoms with van der Waals surface area (Å²) < 4.78 is 4.54. The lowest BCUT2D eigenvalue weighted by atomic mass is 10.3. The van der Waals surface area contributed by atoms with Crippen molar-refractivity contribution in [1.29, 1.82) is 0 Å². The average molecular weight is 243 g/mol. The van der Waals surface area contributed by atoms with Crippen LogP contribution in [0.3, 0.4) is 0 Å². The topological polar surface area (TPSA) is 8.81 Å². The maximum atomic E-state index is 2.27. The molecule has 0 N–H and O–H groups in total. The molecule has 0 bridgehead atoms. The van der Waals surface area contributed by atoms with Crippen molar-refractivity contribution in [2.75, 3.05) is 0 Å². The van der Waals surface area contributed by atoms with Crippen LogP contribution in [-0.4, -0.2) is 4.57 Å². The van der Waals surface area contributed by atoms with Crippen LogP contribution < -0.4 is 4.57 Å². The third kappa shape index (κ3) is 1.42. The molecule has 2 aromatic heterocycles. The SMILES string of the molecule is Cc1ccsc1-c1n(C)c2ccccc2[n+]1C. The van der Waals surface area contributed by atoms with Gasteiger partial charge in [-0.15, -0.1) is 11.3 Å². The van der Waals surface area contributed by atoms with Crippen molar-refractivity contribution in [2.45, 2.75) is 6.92 Å². The minimum atomic E-state index is 1.28. The molecule has 0 atom stereocenters. The fourth-order valence-electron chi connectivity index (χ4n) is 2.39. The summed E-state index contributed by atoms with van der Waals surface area (Å²) in [4.78, 5) is 1.35. The standard InChI is InChI=1S/C14H15N2S/c1-10-8-9-17-13(10)14-15(2)11-6-4-5-7-12(11)16(14)3/h4-9H,1-3H3/q+1. The summed E-state index contributed by atoms with van der Waals surface area (Å²) in [6, 6.07) is 10.7.